The van der Waals surface area contributed by atoms with Crippen molar-refractivity contribution < 1.29 is 9.53 Å². The number of Topliss-reactive ketones (excluding diaryl/α,β-unsaturated/α-hetero) is 1. The van der Waals surface area contributed by atoms with Gasteiger partial charge in [0.15, 0.2) is 5.78 Å². The van der Waals surface area contributed by atoms with Crippen molar-refractivity contribution in [2.45, 2.75) is 96.5 Å². The van der Waals surface area contributed by atoms with Crippen LogP contribution in [0, 0.1) is 0 Å². The molecular formula is C17H32O2. The van der Waals surface area contributed by atoms with Gasteiger partial charge in [-0.1, -0.05) is 70.6 Å². The summed E-state index contributed by atoms with van der Waals surface area (Å²) in [5, 5.41) is 0. The third-order valence-corrected chi connectivity index (χ3v) is 4.07. The Labute approximate surface area is 119 Å². The van der Waals surface area contributed by atoms with Gasteiger partial charge in [0, 0.05) is 0 Å². The Bertz CT molecular complexity index is 211. The van der Waals surface area contributed by atoms with Crippen LogP contribution in [0.15, 0.2) is 0 Å². The molecular weight excluding hydrogens is 236 g/mol. The van der Waals surface area contributed by atoms with Crippen molar-refractivity contribution in [3.63, 3.8) is 0 Å². The third-order valence-electron chi connectivity index (χ3n) is 4.07. The van der Waals surface area contributed by atoms with Gasteiger partial charge in [0.1, 0.15) is 6.61 Å². The first kappa shape index (κ1) is 16.7. The van der Waals surface area contributed by atoms with Crippen LogP contribution in [0.5, 0.6) is 0 Å². The average molecular weight is 268 g/mol. The van der Waals surface area contributed by atoms with Crippen molar-refractivity contribution in [2.75, 3.05) is 6.61 Å². The quantitative estimate of drug-likeness (QED) is 0.716. The topological polar surface area (TPSA) is 26.3 Å². The molecule has 1 fully saturated rings. The van der Waals surface area contributed by atoms with Crippen LogP contribution in [0.4, 0.5) is 0 Å². The minimum atomic E-state index is 0.152. The molecule has 0 radical (unpaired) electrons. The molecule has 1 rings (SSSR count). The second-order valence-corrected chi connectivity index (χ2v) is 6.10. The van der Waals surface area contributed by atoms with E-state index in [1.807, 2.05) is 0 Å². The Morgan fingerprint density at radius 1 is 0.789 bits per heavy atom. The molecule has 2 heteroatoms. The molecule has 0 aliphatic heterocycles. The molecule has 0 aromatic heterocycles. The predicted octanol–water partition coefficient (Wildman–Crippen LogP) is 5.05. The predicted molar refractivity (Wildman–Crippen MR) is 80.4 cm³/mol. The summed E-state index contributed by atoms with van der Waals surface area (Å²) in [5.74, 6) is 0.152. The molecule has 0 heterocycles. The smallest absolute Gasteiger partial charge is 0.155 e. The molecule has 1 aliphatic carbocycles. The lowest BCUT2D eigenvalue weighted by Gasteiger charge is -2.17. The number of carbonyl (C=O) groups is 1. The molecule has 0 amide bonds. The number of carbonyl (C=O) groups excluding carboxylic acids is 1. The van der Waals surface area contributed by atoms with Crippen LogP contribution in [0.3, 0.4) is 0 Å². The zero-order valence-electron chi connectivity index (χ0n) is 12.8. The molecule has 19 heavy (non-hydrogen) atoms. The van der Waals surface area contributed by atoms with Crippen molar-refractivity contribution in [2.24, 2.45) is 0 Å². The van der Waals surface area contributed by atoms with Gasteiger partial charge < -0.3 is 4.74 Å². The molecule has 0 aromatic carbocycles. The van der Waals surface area contributed by atoms with Gasteiger partial charge in [0.25, 0.3) is 0 Å². The van der Waals surface area contributed by atoms with Gasteiger partial charge in [-0.15, -0.1) is 0 Å². The van der Waals surface area contributed by atoms with Crippen molar-refractivity contribution in [1.82, 2.24) is 0 Å². The number of hydrogen-bond donors (Lipinski definition) is 0. The maximum Gasteiger partial charge on any atom is 0.155 e. The van der Waals surface area contributed by atoms with Crippen LogP contribution in [0.1, 0.15) is 90.4 Å². The second kappa shape index (κ2) is 11.5. The van der Waals surface area contributed by atoms with Crippen LogP contribution in [-0.4, -0.2) is 18.5 Å². The Balaban J connectivity index is 2.25. The first-order valence-corrected chi connectivity index (χ1v) is 8.40. The molecule has 0 spiro atoms. The Morgan fingerprint density at radius 3 is 1.53 bits per heavy atom. The van der Waals surface area contributed by atoms with E-state index in [0.717, 1.165) is 12.8 Å². The van der Waals surface area contributed by atoms with Crippen LogP contribution < -0.4 is 0 Å². The molecule has 0 atom stereocenters. The number of ketones is 1. The van der Waals surface area contributed by atoms with Gasteiger partial charge in [-0.2, -0.15) is 0 Å². The maximum atomic E-state index is 11.0. The van der Waals surface area contributed by atoms with Crippen LogP contribution in [0.25, 0.3) is 0 Å². The summed E-state index contributed by atoms with van der Waals surface area (Å²) in [6.45, 7) is 1.92. The summed E-state index contributed by atoms with van der Waals surface area (Å²) in [6.07, 6.45) is 17.6. The highest BCUT2D eigenvalue weighted by Crippen LogP contribution is 2.18. The van der Waals surface area contributed by atoms with Gasteiger partial charge >= 0.3 is 0 Å². The minimum absolute atomic E-state index is 0.152. The van der Waals surface area contributed by atoms with E-state index in [0.29, 0.717) is 12.7 Å². The number of ether oxygens (including phenoxy) is 1. The maximum absolute atomic E-state index is 11.0. The SMILES string of the molecule is CC(=O)COC1CCCCCCCCCCCCC1. The molecule has 112 valence electrons. The van der Waals surface area contributed by atoms with E-state index in [9.17, 15) is 4.79 Å². The van der Waals surface area contributed by atoms with Gasteiger partial charge in [0.2, 0.25) is 0 Å². The van der Waals surface area contributed by atoms with Gasteiger partial charge in [-0.3, -0.25) is 4.79 Å². The molecule has 1 saturated carbocycles. The molecule has 0 bridgehead atoms. The van der Waals surface area contributed by atoms with Crippen molar-refractivity contribution >= 4 is 5.78 Å². The molecule has 0 saturated heterocycles. The Kier molecular flexibility index (Phi) is 10.1. The summed E-state index contributed by atoms with van der Waals surface area (Å²) in [6, 6.07) is 0. The molecule has 1 aliphatic rings. The monoisotopic (exact) mass is 268 g/mol. The van der Waals surface area contributed by atoms with Gasteiger partial charge in [-0.05, 0) is 19.8 Å². The number of rotatable bonds is 3. The first-order chi connectivity index (χ1) is 9.29. The number of hydrogen-bond acceptors (Lipinski definition) is 2. The van der Waals surface area contributed by atoms with Crippen molar-refractivity contribution in [1.29, 1.82) is 0 Å². The zero-order chi connectivity index (χ0) is 13.8. The van der Waals surface area contributed by atoms with Crippen LogP contribution >= 0.6 is 0 Å². The average Bonchev–Trinajstić information content (AvgIpc) is 2.39. The van der Waals surface area contributed by atoms with E-state index < -0.39 is 0 Å². The van der Waals surface area contributed by atoms with Gasteiger partial charge in [-0.25, -0.2) is 0 Å². The standard InChI is InChI=1S/C17H32O2/c1-16(18)15-19-17-13-11-9-7-5-3-2-4-6-8-10-12-14-17/h17H,2-15H2,1H3. The summed E-state index contributed by atoms with van der Waals surface area (Å²) < 4.78 is 5.75. The fraction of sp³-hybridized carbons (Fsp3) is 0.941. The summed E-state index contributed by atoms with van der Waals surface area (Å²) >= 11 is 0. The first-order valence-electron chi connectivity index (χ1n) is 8.40. The van der Waals surface area contributed by atoms with Gasteiger partial charge in [0.05, 0.1) is 6.10 Å². The Hall–Kier alpha value is -0.370. The van der Waals surface area contributed by atoms with E-state index in [1.54, 1.807) is 6.92 Å². The summed E-state index contributed by atoms with van der Waals surface area (Å²) in [4.78, 5) is 11.0. The fourth-order valence-corrected chi connectivity index (χ4v) is 2.88. The second-order valence-electron chi connectivity index (χ2n) is 6.10. The summed E-state index contributed by atoms with van der Waals surface area (Å²) in [7, 11) is 0. The molecule has 0 aromatic rings. The van der Waals surface area contributed by atoms with E-state index in [1.165, 1.54) is 70.6 Å². The van der Waals surface area contributed by atoms with E-state index >= 15 is 0 Å². The molecule has 0 unspecified atom stereocenters. The van der Waals surface area contributed by atoms with E-state index in [4.69, 9.17) is 4.74 Å². The van der Waals surface area contributed by atoms with Crippen LogP contribution in [-0.2, 0) is 9.53 Å². The molecule has 2 nitrogen and oxygen atoms in total. The lowest BCUT2D eigenvalue weighted by Crippen LogP contribution is -2.17. The van der Waals surface area contributed by atoms with E-state index in [2.05, 4.69) is 0 Å². The van der Waals surface area contributed by atoms with Crippen molar-refractivity contribution in [3.8, 4) is 0 Å². The minimum Gasteiger partial charge on any atom is -0.370 e. The lowest BCUT2D eigenvalue weighted by molar-refractivity contribution is -0.123. The largest absolute Gasteiger partial charge is 0.370 e. The zero-order valence-corrected chi connectivity index (χ0v) is 12.8. The fourth-order valence-electron chi connectivity index (χ4n) is 2.88. The molecule has 0 N–H and O–H groups in total. The lowest BCUT2D eigenvalue weighted by atomic mass is 9.99. The highest BCUT2D eigenvalue weighted by molar-refractivity contribution is 5.76. The van der Waals surface area contributed by atoms with E-state index in [-0.39, 0.29) is 5.78 Å². The highest BCUT2D eigenvalue weighted by atomic mass is 16.5. The van der Waals surface area contributed by atoms with Crippen molar-refractivity contribution in [3.05, 3.63) is 0 Å². The van der Waals surface area contributed by atoms with Crippen LogP contribution in [0.2, 0.25) is 0 Å². The Morgan fingerprint density at radius 2 is 1.16 bits per heavy atom. The third kappa shape index (κ3) is 10.1. The summed E-state index contributed by atoms with van der Waals surface area (Å²) in [5.41, 5.74) is 0. The highest BCUT2D eigenvalue weighted by Gasteiger charge is 2.10. The normalized spacial score (nSPS) is 21.7.